The maximum absolute atomic E-state index is 12.5. The lowest BCUT2D eigenvalue weighted by Crippen LogP contribution is -2.32. The number of thiophene rings is 1. The fourth-order valence-electron chi connectivity index (χ4n) is 2.42. The van der Waals surface area contributed by atoms with Gasteiger partial charge in [0.1, 0.15) is 17.2 Å². The number of carbonyl (C=O) groups excluding carboxylic acids is 2. The lowest BCUT2D eigenvalue weighted by molar-refractivity contribution is -0.121. The molecule has 1 N–H and O–H groups in total. The zero-order valence-corrected chi connectivity index (χ0v) is 13.9. The molecule has 1 unspecified atom stereocenters. The molecule has 7 heteroatoms. The van der Waals surface area contributed by atoms with Crippen LogP contribution in [0.2, 0.25) is 5.02 Å². The maximum Gasteiger partial charge on any atom is 0.350 e. The van der Waals surface area contributed by atoms with Gasteiger partial charge in [0.25, 0.3) is 0 Å². The first kappa shape index (κ1) is 15.8. The number of rotatable bonds is 3. The minimum atomic E-state index is -0.465. The number of esters is 1. The van der Waals surface area contributed by atoms with Gasteiger partial charge in [0.2, 0.25) is 5.91 Å². The van der Waals surface area contributed by atoms with Gasteiger partial charge in [-0.15, -0.1) is 11.3 Å². The number of benzene rings is 1. The number of anilines is 1. The van der Waals surface area contributed by atoms with Crippen molar-refractivity contribution in [2.75, 3.05) is 19.0 Å². The maximum atomic E-state index is 12.5. The molecule has 0 fully saturated rings. The molecule has 2 heterocycles. The van der Waals surface area contributed by atoms with Crippen LogP contribution >= 0.6 is 22.9 Å². The van der Waals surface area contributed by atoms with Gasteiger partial charge in [0.05, 0.1) is 18.7 Å². The molecular weight excluding hydrogens is 338 g/mol. The Kier molecular flexibility index (Phi) is 4.54. The molecule has 0 bridgehead atoms. The zero-order chi connectivity index (χ0) is 16.4. The molecule has 2 aromatic rings. The van der Waals surface area contributed by atoms with Crippen molar-refractivity contribution in [3.05, 3.63) is 45.1 Å². The Bertz CT molecular complexity index is 758. The molecule has 1 aliphatic heterocycles. The van der Waals surface area contributed by atoms with Gasteiger partial charge in [-0.3, -0.25) is 4.79 Å². The summed E-state index contributed by atoms with van der Waals surface area (Å²) in [5.74, 6) is -0.248. The number of carbonyl (C=O) groups is 2. The Morgan fingerprint density at radius 2 is 2.22 bits per heavy atom. The van der Waals surface area contributed by atoms with Crippen molar-refractivity contribution in [2.24, 2.45) is 5.92 Å². The van der Waals surface area contributed by atoms with Crippen molar-refractivity contribution in [2.45, 2.75) is 6.42 Å². The Labute approximate surface area is 142 Å². The van der Waals surface area contributed by atoms with E-state index in [1.165, 1.54) is 18.4 Å². The fourth-order valence-corrected chi connectivity index (χ4v) is 3.39. The van der Waals surface area contributed by atoms with Crippen LogP contribution in [0.15, 0.2) is 29.6 Å². The third-order valence-corrected chi connectivity index (χ3v) is 4.72. The van der Waals surface area contributed by atoms with E-state index in [-0.39, 0.29) is 18.4 Å². The molecule has 1 amide bonds. The molecule has 1 atom stereocenters. The summed E-state index contributed by atoms with van der Waals surface area (Å²) in [5.41, 5.74) is 1.37. The van der Waals surface area contributed by atoms with Crippen LogP contribution < -0.4 is 10.1 Å². The number of hydrogen-bond donors (Lipinski definition) is 1. The van der Waals surface area contributed by atoms with E-state index < -0.39 is 5.97 Å². The fraction of sp³-hybridized carbons (Fsp3) is 0.250. The van der Waals surface area contributed by atoms with E-state index in [1.807, 2.05) is 0 Å². The van der Waals surface area contributed by atoms with E-state index in [2.05, 4.69) is 5.32 Å². The molecule has 0 saturated carbocycles. The smallest absolute Gasteiger partial charge is 0.350 e. The van der Waals surface area contributed by atoms with Gasteiger partial charge in [0.15, 0.2) is 0 Å². The summed E-state index contributed by atoms with van der Waals surface area (Å²) in [6.45, 7) is 0.290. The topological polar surface area (TPSA) is 64.6 Å². The predicted molar refractivity (Wildman–Crippen MR) is 88.4 cm³/mol. The van der Waals surface area contributed by atoms with Crippen molar-refractivity contribution >= 4 is 40.5 Å². The highest BCUT2D eigenvalue weighted by Gasteiger charge is 2.27. The first-order chi connectivity index (χ1) is 11.1. The van der Waals surface area contributed by atoms with E-state index in [1.54, 1.807) is 29.6 Å². The number of methoxy groups -OCH3 is 1. The monoisotopic (exact) mass is 351 g/mol. The highest BCUT2D eigenvalue weighted by Crippen LogP contribution is 2.31. The quantitative estimate of drug-likeness (QED) is 0.861. The van der Waals surface area contributed by atoms with Crippen molar-refractivity contribution in [3.8, 4) is 5.75 Å². The molecule has 3 rings (SSSR count). The lowest BCUT2D eigenvalue weighted by Gasteiger charge is -2.24. The van der Waals surface area contributed by atoms with Crippen LogP contribution in [0.25, 0.3) is 0 Å². The Morgan fingerprint density at radius 3 is 3.00 bits per heavy atom. The largest absolute Gasteiger partial charge is 0.492 e. The van der Waals surface area contributed by atoms with Gasteiger partial charge in [-0.2, -0.15) is 0 Å². The Hall–Kier alpha value is -2.05. The highest BCUT2D eigenvalue weighted by atomic mass is 35.5. The van der Waals surface area contributed by atoms with Crippen molar-refractivity contribution in [1.29, 1.82) is 0 Å². The molecule has 0 spiro atoms. The number of amides is 1. The molecule has 0 aliphatic carbocycles. The third-order valence-electron chi connectivity index (χ3n) is 3.59. The zero-order valence-electron chi connectivity index (χ0n) is 12.3. The number of hydrogen-bond acceptors (Lipinski definition) is 5. The van der Waals surface area contributed by atoms with E-state index in [0.29, 0.717) is 22.0 Å². The lowest BCUT2D eigenvalue weighted by atomic mass is 9.96. The average Bonchev–Trinajstić information content (AvgIpc) is 3.01. The summed E-state index contributed by atoms with van der Waals surface area (Å²) in [7, 11) is 1.31. The van der Waals surface area contributed by atoms with Crippen LogP contribution in [-0.4, -0.2) is 25.6 Å². The van der Waals surface area contributed by atoms with Crippen molar-refractivity contribution < 1.29 is 19.1 Å². The third kappa shape index (κ3) is 3.33. The SMILES string of the molecule is COC(=O)c1sccc1NC(=O)C1COc2ccc(Cl)cc2C1. The first-order valence-corrected chi connectivity index (χ1v) is 8.22. The second-order valence-electron chi connectivity index (χ2n) is 5.11. The Balaban J connectivity index is 1.73. The van der Waals surface area contributed by atoms with Crippen LogP contribution in [0.5, 0.6) is 5.75 Å². The van der Waals surface area contributed by atoms with Gasteiger partial charge < -0.3 is 14.8 Å². The van der Waals surface area contributed by atoms with Crippen molar-refractivity contribution in [1.82, 2.24) is 0 Å². The highest BCUT2D eigenvalue weighted by molar-refractivity contribution is 7.12. The molecule has 1 aromatic heterocycles. The van der Waals surface area contributed by atoms with Crippen LogP contribution in [0.1, 0.15) is 15.2 Å². The number of fused-ring (bicyclic) bond motifs is 1. The van der Waals surface area contributed by atoms with E-state index in [9.17, 15) is 9.59 Å². The summed E-state index contributed by atoms with van der Waals surface area (Å²) >= 11 is 7.21. The van der Waals surface area contributed by atoms with Gasteiger partial charge in [-0.05, 0) is 41.6 Å². The van der Waals surface area contributed by atoms with Gasteiger partial charge >= 0.3 is 5.97 Å². The number of halogens is 1. The molecule has 0 radical (unpaired) electrons. The van der Waals surface area contributed by atoms with Crippen molar-refractivity contribution in [3.63, 3.8) is 0 Å². The number of ether oxygens (including phenoxy) is 2. The second-order valence-corrected chi connectivity index (χ2v) is 6.46. The minimum Gasteiger partial charge on any atom is -0.492 e. The average molecular weight is 352 g/mol. The van der Waals surface area contributed by atoms with E-state index in [0.717, 1.165) is 11.3 Å². The first-order valence-electron chi connectivity index (χ1n) is 6.96. The number of nitrogens with one attached hydrogen (secondary N) is 1. The summed E-state index contributed by atoms with van der Waals surface area (Å²) in [5, 5.41) is 5.12. The molecule has 23 heavy (non-hydrogen) atoms. The van der Waals surface area contributed by atoms with E-state index >= 15 is 0 Å². The van der Waals surface area contributed by atoms with Crippen LogP contribution in [-0.2, 0) is 16.0 Å². The summed E-state index contributed by atoms with van der Waals surface area (Å²) in [4.78, 5) is 24.5. The standard InChI is InChI=1S/C16H14ClNO4S/c1-21-16(20)14-12(4-5-23-14)18-15(19)10-6-9-7-11(17)2-3-13(9)22-8-10/h2-5,7,10H,6,8H2,1H3,(H,18,19). The summed E-state index contributed by atoms with van der Waals surface area (Å²) in [6, 6.07) is 7.05. The van der Waals surface area contributed by atoms with Crippen LogP contribution in [0.4, 0.5) is 5.69 Å². The minimum absolute atomic E-state index is 0.195. The molecule has 5 nitrogen and oxygen atoms in total. The predicted octanol–water partition coefficient (Wildman–Crippen LogP) is 3.38. The van der Waals surface area contributed by atoms with Crippen LogP contribution in [0, 0.1) is 5.92 Å². The van der Waals surface area contributed by atoms with Gasteiger partial charge in [0, 0.05) is 5.02 Å². The Morgan fingerprint density at radius 1 is 1.39 bits per heavy atom. The molecule has 120 valence electrons. The molecular formula is C16H14ClNO4S. The summed E-state index contributed by atoms with van der Waals surface area (Å²) < 4.78 is 10.3. The van der Waals surface area contributed by atoms with Crippen LogP contribution in [0.3, 0.4) is 0 Å². The molecule has 0 saturated heterocycles. The second kappa shape index (κ2) is 6.60. The molecule has 1 aliphatic rings. The van der Waals surface area contributed by atoms with E-state index in [4.69, 9.17) is 21.1 Å². The summed E-state index contributed by atoms with van der Waals surface area (Å²) in [6.07, 6.45) is 0.541. The van der Waals surface area contributed by atoms with Gasteiger partial charge in [-0.25, -0.2) is 4.79 Å². The molecule has 1 aromatic carbocycles. The van der Waals surface area contributed by atoms with Gasteiger partial charge in [-0.1, -0.05) is 11.6 Å². The normalized spacial score (nSPS) is 16.2.